The molecule has 1 heterocycles. The van der Waals surface area contributed by atoms with E-state index in [1.54, 1.807) is 48.5 Å². The highest BCUT2D eigenvalue weighted by Gasteiger charge is 2.34. The van der Waals surface area contributed by atoms with Gasteiger partial charge in [-0.2, -0.15) is 0 Å². The smallest absolute Gasteiger partial charge is 0.261 e. The van der Waals surface area contributed by atoms with Crippen LogP contribution in [0.25, 0.3) is 0 Å². The summed E-state index contributed by atoms with van der Waals surface area (Å²) in [7, 11) is 0. The molecule has 3 rings (SSSR count). The largest absolute Gasteiger partial charge is 0.354 e. The van der Waals surface area contributed by atoms with Crippen LogP contribution in [0.2, 0.25) is 5.02 Å². The Kier molecular flexibility index (Phi) is 6.06. The lowest BCUT2D eigenvalue weighted by molar-refractivity contribution is -0.121. The van der Waals surface area contributed by atoms with Crippen molar-refractivity contribution in [1.82, 2.24) is 15.5 Å². The molecule has 28 heavy (non-hydrogen) atoms. The number of rotatable bonds is 7. The average molecular weight is 400 g/mol. The van der Waals surface area contributed by atoms with E-state index in [4.69, 9.17) is 11.6 Å². The molecule has 0 saturated carbocycles. The molecule has 2 N–H and O–H groups in total. The van der Waals surface area contributed by atoms with Crippen molar-refractivity contribution in [2.75, 3.05) is 19.6 Å². The minimum atomic E-state index is -0.386. The molecule has 0 aliphatic carbocycles. The molecule has 0 saturated heterocycles. The maximum Gasteiger partial charge on any atom is 0.261 e. The first-order valence-electron chi connectivity index (χ1n) is 8.73. The van der Waals surface area contributed by atoms with Crippen LogP contribution in [0.15, 0.2) is 48.5 Å². The van der Waals surface area contributed by atoms with Crippen LogP contribution in [-0.2, 0) is 4.79 Å². The molecule has 8 heteroatoms. The van der Waals surface area contributed by atoms with Crippen molar-refractivity contribution in [1.29, 1.82) is 0 Å². The van der Waals surface area contributed by atoms with Crippen molar-refractivity contribution in [2.45, 2.75) is 6.42 Å². The van der Waals surface area contributed by atoms with Crippen LogP contribution < -0.4 is 10.6 Å². The molecule has 0 atom stereocenters. The average Bonchev–Trinajstić information content (AvgIpc) is 2.94. The maximum absolute atomic E-state index is 12.2. The lowest BCUT2D eigenvalue weighted by Gasteiger charge is -2.13. The Bertz CT molecular complexity index is 892. The number of halogens is 1. The van der Waals surface area contributed by atoms with E-state index in [0.717, 1.165) is 4.90 Å². The summed E-state index contributed by atoms with van der Waals surface area (Å²) in [5.41, 5.74) is 1.19. The fourth-order valence-electron chi connectivity index (χ4n) is 2.83. The Morgan fingerprint density at radius 1 is 0.857 bits per heavy atom. The number of nitrogens with one attached hydrogen (secondary N) is 2. The minimum Gasteiger partial charge on any atom is -0.354 e. The number of fused-ring (bicyclic) bond motifs is 1. The van der Waals surface area contributed by atoms with Gasteiger partial charge in [0.15, 0.2) is 0 Å². The van der Waals surface area contributed by atoms with Crippen LogP contribution in [0.1, 0.15) is 37.5 Å². The summed E-state index contributed by atoms with van der Waals surface area (Å²) in [5, 5.41) is 5.87. The number of hydrogen-bond acceptors (Lipinski definition) is 4. The molecule has 144 valence electrons. The number of amides is 4. The Labute approximate surface area is 166 Å². The van der Waals surface area contributed by atoms with Crippen LogP contribution in [-0.4, -0.2) is 48.2 Å². The number of nitrogens with zero attached hydrogens (tertiary/aromatic N) is 1. The van der Waals surface area contributed by atoms with Crippen molar-refractivity contribution in [2.24, 2.45) is 0 Å². The van der Waals surface area contributed by atoms with E-state index in [1.807, 2.05) is 0 Å². The van der Waals surface area contributed by atoms with Gasteiger partial charge in [-0.1, -0.05) is 23.7 Å². The monoisotopic (exact) mass is 399 g/mol. The number of carbonyl (C=O) groups excluding carboxylic acids is 4. The van der Waals surface area contributed by atoms with E-state index in [1.165, 1.54) is 0 Å². The molecule has 0 fully saturated rings. The van der Waals surface area contributed by atoms with E-state index in [0.29, 0.717) is 21.7 Å². The third-order valence-corrected chi connectivity index (χ3v) is 4.53. The lowest BCUT2D eigenvalue weighted by Crippen LogP contribution is -2.37. The van der Waals surface area contributed by atoms with E-state index in [9.17, 15) is 19.2 Å². The normalized spacial score (nSPS) is 12.7. The van der Waals surface area contributed by atoms with Crippen LogP contribution >= 0.6 is 11.6 Å². The maximum atomic E-state index is 12.2. The summed E-state index contributed by atoms with van der Waals surface area (Å²) < 4.78 is 0. The number of carbonyl (C=O) groups is 4. The van der Waals surface area contributed by atoms with Gasteiger partial charge in [-0.25, -0.2) is 0 Å². The Balaban J connectivity index is 1.38. The van der Waals surface area contributed by atoms with Crippen LogP contribution in [0.5, 0.6) is 0 Å². The second kappa shape index (κ2) is 8.67. The molecular formula is C20H18ClN3O4. The second-order valence-corrected chi connectivity index (χ2v) is 6.61. The Morgan fingerprint density at radius 3 is 2.04 bits per heavy atom. The zero-order valence-electron chi connectivity index (χ0n) is 14.9. The third kappa shape index (κ3) is 4.37. The quantitative estimate of drug-likeness (QED) is 0.549. The summed E-state index contributed by atoms with van der Waals surface area (Å²) >= 11 is 5.77. The van der Waals surface area contributed by atoms with Crippen molar-refractivity contribution < 1.29 is 19.2 Å². The highest BCUT2D eigenvalue weighted by Crippen LogP contribution is 2.22. The molecule has 0 radical (unpaired) electrons. The molecule has 7 nitrogen and oxygen atoms in total. The topological polar surface area (TPSA) is 95.6 Å². The fraction of sp³-hybridized carbons (Fsp3) is 0.200. The molecule has 2 aromatic rings. The summed E-state index contributed by atoms with van der Waals surface area (Å²) in [4.78, 5) is 49.4. The van der Waals surface area contributed by atoms with Gasteiger partial charge in [-0.15, -0.1) is 0 Å². The first-order valence-corrected chi connectivity index (χ1v) is 9.11. The van der Waals surface area contributed by atoms with E-state index in [-0.39, 0.29) is 49.7 Å². The molecule has 2 aromatic carbocycles. The van der Waals surface area contributed by atoms with Gasteiger partial charge in [0.1, 0.15) is 0 Å². The van der Waals surface area contributed by atoms with Crippen LogP contribution in [0.4, 0.5) is 0 Å². The standard InChI is InChI=1S/C20H18ClN3O4/c21-14-7-5-13(6-8-14)18(26)23-11-10-22-17(25)9-12-24-19(27)15-3-1-2-4-16(15)20(24)28/h1-8H,9-12H2,(H,22,25)(H,23,26). The zero-order valence-corrected chi connectivity index (χ0v) is 15.7. The number of hydrogen-bond donors (Lipinski definition) is 2. The van der Waals surface area contributed by atoms with Gasteiger partial charge >= 0.3 is 0 Å². The van der Waals surface area contributed by atoms with Gasteiger partial charge in [0.2, 0.25) is 5.91 Å². The summed E-state index contributed by atoms with van der Waals surface area (Å²) in [6.45, 7) is 0.496. The lowest BCUT2D eigenvalue weighted by atomic mass is 10.1. The van der Waals surface area contributed by atoms with E-state index in [2.05, 4.69) is 10.6 Å². The van der Waals surface area contributed by atoms with E-state index >= 15 is 0 Å². The highest BCUT2D eigenvalue weighted by molar-refractivity contribution is 6.30. The fourth-order valence-corrected chi connectivity index (χ4v) is 2.95. The van der Waals surface area contributed by atoms with Crippen molar-refractivity contribution in [3.05, 3.63) is 70.2 Å². The van der Waals surface area contributed by atoms with Gasteiger partial charge in [0, 0.05) is 36.6 Å². The molecule has 0 bridgehead atoms. The molecule has 1 aliphatic heterocycles. The molecule has 0 spiro atoms. The van der Waals surface area contributed by atoms with E-state index < -0.39 is 0 Å². The highest BCUT2D eigenvalue weighted by atomic mass is 35.5. The molecular weight excluding hydrogens is 382 g/mol. The SMILES string of the molecule is O=C(CCN1C(=O)c2ccccc2C1=O)NCCNC(=O)c1ccc(Cl)cc1. The van der Waals surface area contributed by atoms with Crippen LogP contribution in [0.3, 0.4) is 0 Å². The predicted molar refractivity (Wildman–Crippen MR) is 103 cm³/mol. The van der Waals surface area contributed by atoms with Gasteiger partial charge in [0.25, 0.3) is 17.7 Å². The second-order valence-electron chi connectivity index (χ2n) is 6.17. The zero-order chi connectivity index (χ0) is 20.1. The summed E-state index contributed by atoms with van der Waals surface area (Å²) in [6.07, 6.45) is -0.00337. The minimum absolute atomic E-state index is 0.00337. The van der Waals surface area contributed by atoms with Gasteiger partial charge < -0.3 is 10.6 Å². The number of imide groups is 1. The molecule has 1 aliphatic rings. The van der Waals surface area contributed by atoms with Gasteiger partial charge in [-0.3, -0.25) is 24.1 Å². The van der Waals surface area contributed by atoms with Crippen molar-refractivity contribution in [3.63, 3.8) is 0 Å². The predicted octanol–water partition coefficient (Wildman–Crippen LogP) is 1.87. The summed E-state index contributed by atoms with van der Waals surface area (Å²) in [5.74, 6) is -1.35. The third-order valence-electron chi connectivity index (χ3n) is 4.28. The van der Waals surface area contributed by atoms with Crippen molar-refractivity contribution in [3.8, 4) is 0 Å². The molecule has 0 unspecified atom stereocenters. The van der Waals surface area contributed by atoms with Crippen molar-refractivity contribution >= 4 is 35.2 Å². The van der Waals surface area contributed by atoms with Crippen LogP contribution in [0, 0.1) is 0 Å². The van der Waals surface area contributed by atoms with Gasteiger partial charge in [0.05, 0.1) is 11.1 Å². The molecule has 0 aromatic heterocycles. The Morgan fingerprint density at radius 2 is 1.43 bits per heavy atom. The Hall–Kier alpha value is -3.19. The number of benzene rings is 2. The van der Waals surface area contributed by atoms with Gasteiger partial charge in [-0.05, 0) is 36.4 Å². The molecule has 4 amide bonds. The first kappa shape index (κ1) is 19.6. The first-order chi connectivity index (χ1) is 13.5. The summed E-state index contributed by atoms with van der Waals surface area (Å²) in [6, 6.07) is 13.0.